The SMILES string of the molecule is Cc1nnc2c(N3CCCC(CCC(=O)O)C3)nccn12. The predicted octanol–water partition coefficient (Wildman–Crippen LogP) is 1.51. The number of rotatable bonds is 4. The molecule has 112 valence electrons. The third-order valence-electron chi connectivity index (χ3n) is 4.06. The van der Waals surface area contributed by atoms with Crippen molar-refractivity contribution >= 4 is 17.4 Å². The van der Waals surface area contributed by atoms with Gasteiger partial charge in [-0.2, -0.15) is 0 Å². The standard InChI is InChI=1S/C14H19N5O2/c1-10-16-17-14-13(15-6-8-19(10)14)18-7-2-3-11(9-18)4-5-12(20)21/h6,8,11H,2-5,7,9H2,1H3,(H,20,21). The Kier molecular flexibility index (Phi) is 3.72. The van der Waals surface area contributed by atoms with Crippen molar-refractivity contribution in [2.45, 2.75) is 32.6 Å². The van der Waals surface area contributed by atoms with Crippen LogP contribution in [0.3, 0.4) is 0 Å². The van der Waals surface area contributed by atoms with Crippen LogP contribution in [0.25, 0.3) is 5.65 Å². The van der Waals surface area contributed by atoms with Crippen LogP contribution in [0, 0.1) is 12.8 Å². The summed E-state index contributed by atoms with van der Waals surface area (Å²) in [6.45, 7) is 3.68. The first-order chi connectivity index (χ1) is 10.1. The second-order valence-electron chi connectivity index (χ2n) is 5.58. The van der Waals surface area contributed by atoms with E-state index in [0.29, 0.717) is 5.92 Å². The maximum absolute atomic E-state index is 10.7. The van der Waals surface area contributed by atoms with Gasteiger partial charge in [0, 0.05) is 31.9 Å². The van der Waals surface area contributed by atoms with Gasteiger partial charge in [-0.15, -0.1) is 10.2 Å². The lowest BCUT2D eigenvalue weighted by Crippen LogP contribution is -2.36. The molecule has 7 heteroatoms. The molecule has 0 aromatic carbocycles. The fourth-order valence-electron chi connectivity index (χ4n) is 2.97. The van der Waals surface area contributed by atoms with Crippen LogP contribution in [0.2, 0.25) is 0 Å². The molecule has 1 atom stereocenters. The Hall–Kier alpha value is -2.18. The molecule has 1 saturated heterocycles. The maximum atomic E-state index is 10.7. The van der Waals surface area contributed by atoms with Gasteiger partial charge in [-0.25, -0.2) is 4.98 Å². The molecule has 3 heterocycles. The Bertz CT molecular complexity index is 654. The van der Waals surface area contributed by atoms with Crippen molar-refractivity contribution in [2.75, 3.05) is 18.0 Å². The van der Waals surface area contributed by atoms with Gasteiger partial charge in [0.2, 0.25) is 5.65 Å². The van der Waals surface area contributed by atoms with Crippen molar-refractivity contribution in [1.82, 2.24) is 19.6 Å². The van der Waals surface area contributed by atoms with E-state index in [1.807, 2.05) is 17.5 Å². The van der Waals surface area contributed by atoms with Crippen molar-refractivity contribution in [3.8, 4) is 0 Å². The van der Waals surface area contributed by atoms with Gasteiger partial charge in [-0.3, -0.25) is 9.20 Å². The molecule has 21 heavy (non-hydrogen) atoms. The van der Waals surface area contributed by atoms with Crippen LogP contribution in [-0.4, -0.2) is 43.7 Å². The molecule has 2 aromatic heterocycles. The van der Waals surface area contributed by atoms with Gasteiger partial charge in [0.15, 0.2) is 5.82 Å². The number of fused-ring (bicyclic) bond motifs is 1. The van der Waals surface area contributed by atoms with Crippen LogP contribution >= 0.6 is 0 Å². The third kappa shape index (κ3) is 2.81. The molecule has 1 unspecified atom stereocenters. The second kappa shape index (κ2) is 5.67. The summed E-state index contributed by atoms with van der Waals surface area (Å²) in [4.78, 5) is 17.4. The molecular weight excluding hydrogens is 270 g/mol. The number of aryl methyl sites for hydroxylation is 1. The Labute approximate surface area is 122 Å². The molecule has 1 fully saturated rings. The number of carboxylic acid groups (broad SMARTS) is 1. The van der Waals surface area contributed by atoms with Crippen molar-refractivity contribution in [3.63, 3.8) is 0 Å². The molecule has 0 spiro atoms. The molecular formula is C14H19N5O2. The fraction of sp³-hybridized carbons (Fsp3) is 0.571. The van der Waals surface area contributed by atoms with Gasteiger partial charge < -0.3 is 10.0 Å². The van der Waals surface area contributed by atoms with E-state index in [-0.39, 0.29) is 6.42 Å². The Morgan fingerprint density at radius 1 is 1.48 bits per heavy atom. The molecule has 0 aliphatic carbocycles. The van der Waals surface area contributed by atoms with Gasteiger partial charge in [0.05, 0.1) is 0 Å². The number of hydrogen-bond acceptors (Lipinski definition) is 5. The number of hydrogen-bond donors (Lipinski definition) is 1. The lowest BCUT2D eigenvalue weighted by Gasteiger charge is -2.33. The van der Waals surface area contributed by atoms with E-state index >= 15 is 0 Å². The smallest absolute Gasteiger partial charge is 0.303 e. The molecule has 7 nitrogen and oxygen atoms in total. The first-order valence-corrected chi connectivity index (χ1v) is 7.28. The molecule has 1 aliphatic rings. The van der Waals surface area contributed by atoms with E-state index in [2.05, 4.69) is 20.1 Å². The van der Waals surface area contributed by atoms with Crippen LogP contribution in [0.5, 0.6) is 0 Å². The van der Waals surface area contributed by atoms with Crippen LogP contribution < -0.4 is 4.90 Å². The van der Waals surface area contributed by atoms with E-state index in [9.17, 15) is 4.79 Å². The molecule has 2 aromatic rings. The van der Waals surface area contributed by atoms with Gasteiger partial charge in [-0.05, 0) is 32.1 Å². The molecule has 1 N–H and O–H groups in total. The normalized spacial score (nSPS) is 19.1. The highest BCUT2D eigenvalue weighted by atomic mass is 16.4. The largest absolute Gasteiger partial charge is 0.481 e. The van der Waals surface area contributed by atoms with Crippen LogP contribution in [-0.2, 0) is 4.79 Å². The van der Waals surface area contributed by atoms with Crippen molar-refractivity contribution in [3.05, 3.63) is 18.2 Å². The zero-order chi connectivity index (χ0) is 14.8. The van der Waals surface area contributed by atoms with Gasteiger partial charge in [-0.1, -0.05) is 0 Å². The molecule has 0 amide bonds. The van der Waals surface area contributed by atoms with Crippen molar-refractivity contribution in [2.24, 2.45) is 5.92 Å². The number of anilines is 1. The summed E-state index contributed by atoms with van der Waals surface area (Å²) in [5, 5.41) is 17.1. The lowest BCUT2D eigenvalue weighted by molar-refractivity contribution is -0.137. The highest BCUT2D eigenvalue weighted by molar-refractivity contribution is 5.66. The van der Waals surface area contributed by atoms with Crippen molar-refractivity contribution < 1.29 is 9.90 Å². The number of carbonyl (C=O) groups is 1. The Morgan fingerprint density at radius 3 is 3.14 bits per heavy atom. The predicted molar refractivity (Wildman–Crippen MR) is 77.3 cm³/mol. The molecule has 0 bridgehead atoms. The quantitative estimate of drug-likeness (QED) is 0.918. The van der Waals surface area contributed by atoms with Gasteiger partial charge >= 0.3 is 5.97 Å². The Balaban J connectivity index is 1.80. The maximum Gasteiger partial charge on any atom is 0.303 e. The topological polar surface area (TPSA) is 83.6 Å². The summed E-state index contributed by atoms with van der Waals surface area (Å²) in [5.74, 6) is 1.37. The highest BCUT2D eigenvalue weighted by Gasteiger charge is 2.23. The summed E-state index contributed by atoms with van der Waals surface area (Å²) in [6, 6.07) is 0. The summed E-state index contributed by atoms with van der Waals surface area (Å²) >= 11 is 0. The van der Waals surface area contributed by atoms with E-state index in [0.717, 1.165) is 49.6 Å². The van der Waals surface area contributed by atoms with E-state index in [4.69, 9.17) is 5.11 Å². The third-order valence-corrected chi connectivity index (χ3v) is 4.06. The molecule has 3 rings (SSSR count). The molecule has 1 aliphatic heterocycles. The van der Waals surface area contributed by atoms with Crippen LogP contribution in [0.1, 0.15) is 31.5 Å². The molecule has 0 saturated carbocycles. The number of carboxylic acids is 1. The zero-order valence-corrected chi connectivity index (χ0v) is 12.1. The summed E-state index contributed by atoms with van der Waals surface area (Å²) in [6.07, 6.45) is 6.72. The minimum absolute atomic E-state index is 0.236. The first kappa shape index (κ1) is 13.8. The zero-order valence-electron chi connectivity index (χ0n) is 12.1. The van der Waals surface area contributed by atoms with Gasteiger partial charge in [0.1, 0.15) is 5.82 Å². The average molecular weight is 289 g/mol. The number of piperidine rings is 1. The first-order valence-electron chi connectivity index (χ1n) is 7.28. The minimum atomic E-state index is -0.722. The highest BCUT2D eigenvalue weighted by Crippen LogP contribution is 2.26. The second-order valence-corrected chi connectivity index (χ2v) is 5.58. The van der Waals surface area contributed by atoms with E-state index < -0.39 is 5.97 Å². The van der Waals surface area contributed by atoms with E-state index in [1.165, 1.54) is 0 Å². The summed E-state index contributed by atoms with van der Waals surface area (Å²) < 4.78 is 1.93. The van der Waals surface area contributed by atoms with E-state index in [1.54, 1.807) is 6.20 Å². The summed E-state index contributed by atoms with van der Waals surface area (Å²) in [5.41, 5.74) is 0.772. The number of aromatic nitrogens is 4. The van der Waals surface area contributed by atoms with Crippen LogP contribution in [0.15, 0.2) is 12.4 Å². The fourth-order valence-corrected chi connectivity index (χ4v) is 2.97. The minimum Gasteiger partial charge on any atom is -0.481 e. The lowest BCUT2D eigenvalue weighted by atomic mass is 9.93. The van der Waals surface area contributed by atoms with Crippen LogP contribution in [0.4, 0.5) is 5.82 Å². The number of nitrogens with zero attached hydrogens (tertiary/aromatic N) is 5. The van der Waals surface area contributed by atoms with Gasteiger partial charge in [0.25, 0.3) is 0 Å². The Morgan fingerprint density at radius 2 is 2.33 bits per heavy atom. The summed E-state index contributed by atoms with van der Waals surface area (Å²) in [7, 11) is 0. The number of aliphatic carboxylic acids is 1. The average Bonchev–Trinajstić information content (AvgIpc) is 2.87. The van der Waals surface area contributed by atoms with Crippen molar-refractivity contribution in [1.29, 1.82) is 0 Å². The molecule has 0 radical (unpaired) electrons. The monoisotopic (exact) mass is 289 g/mol.